The van der Waals surface area contributed by atoms with Gasteiger partial charge >= 0.3 is 0 Å². The first-order valence-electron chi connectivity index (χ1n) is 4.06. The average molecular weight is 198 g/mol. The molecular weight excluding hydrogens is 187 g/mol. The molecule has 0 aliphatic heterocycles. The highest BCUT2D eigenvalue weighted by atomic mass is 32.2. The normalized spacial score (nSPS) is 10.1. The van der Waals surface area contributed by atoms with E-state index in [-0.39, 0.29) is 11.3 Å². The van der Waals surface area contributed by atoms with Crippen LogP contribution in [0.5, 0.6) is 0 Å². The van der Waals surface area contributed by atoms with E-state index in [0.717, 1.165) is 0 Å². The second-order valence-electron chi connectivity index (χ2n) is 2.59. The van der Waals surface area contributed by atoms with E-state index in [9.17, 15) is 9.18 Å². The number of Topliss-reactive ketones (excluding diaryl/α,β-unsaturated/α-hetero) is 1. The van der Waals surface area contributed by atoms with E-state index in [4.69, 9.17) is 0 Å². The van der Waals surface area contributed by atoms with E-state index in [1.165, 1.54) is 17.8 Å². The molecule has 0 N–H and O–H groups in total. The van der Waals surface area contributed by atoms with Crippen LogP contribution in [0.25, 0.3) is 0 Å². The molecule has 0 unspecified atom stereocenters. The Bertz CT molecular complexity index is 323. The Morgan fingerprint density at radius 3 is 2.77 bits per heavy atom. The fourth-order valence-corrected chi connectivity index (χ4v) is 1.75. The van der Waals surface area contributed by atoms with Gasteiger partial charge in [0.25, 0.3) is 0 Å². The molecule has 0 amide bonds. The minimum atomic E-state index is -0.418. The molecule has 1 aromatic carbocycles. The van der Waals surface area contributed by atoms with Crippen molar-refractivity contribution in [3.63, 3.8) is 0 Å². The number of hydrogen-bond acceptors (Lipinski definition) is 2. The highest BCUT2D eigenvalue weighted by Gasteiger charge is 2.13. The lowest BCUT2D eigenvalue weighted by Crippen LogP contribution is -2.02. The number of halogens is 1. The number of rotatable bonds is 3. The quantitative estimate of drug-likeness (QED) is 0.548. The highest BCUT2D eigenvalue weighted by Crippen LogP contribution is 2.23. The maximum absolute atomic E-state index is 13.2. The van der Waals surface area contributed by atoms with Crippen LogP contribution in [0.1, 0.15) is 23.7 Å². The largest absolute Gasteiger partial charge is 0.294 e. The molecule has 3 heteroatoms. The lowest BCUT2D eigenvalue weighted by atomic mass is 10.1. The molecule has 0 aliphatic rings. The van der Waals surface area contributed by atoms with E-state index in [1.807, 2.05) is 6.26 Å². The molecule has 0 fully saturated rings. The standard InChI is InChI=1S/C10H11FOS/c1-3-8(12)10-7(11)5-4-6-9(10)13-2/h4-6H,3H2,1-2H3. The van der Waals surface area contributed by atoms with E-state index >= 15 is 0 Å². The molecule has 0 atom stereocenters. The average Bonchev–Trinajstić information content (AvgIpc) is 2.16. The molecule has 0 bridgehead atoms. The number of hydrogen-bond donors (Lipinski definition) is 0. The predicted octanol–water partition coefficient (Wildman–Crippen LogP) is 3.14. The van der Waals surface area contributed by atoms with Crippen LogP contribution >= 0.6 is 11.8 Å². The SMILES string of the molecule is CCC(=O)c1c(F)cccc1SC. The molecule has 0 spiro atoms. The monoisotopic (exact) mass is 198 g/mol. The summed E-state index contributed by atoms with van der Waals surface area (Å²) in [5, 5.41) is 0. The molecule has 70 valence electrons. The molecule has 1 rings (SSSR count). The molecule has 0 saturated heterocycles. The van der Waals surface area contributed by atoms with Crippen molar-refractivity contribution in [1.29, 1.82) is 0 Å². The fourth-order valence-electron chi connectivity index (χ4n) is 1.12. The number of ketones is 1. The molecule has 1 aromatic rings. The number of benzene rings is 1. The van der Waals surface area contributed by atoms with Gasteiger partial charge < -0.3 is 0 Å². The van der Waals surface area contributed by atoms with Crippen LogP contribution in [0.4, 0.5) is 4.39 Å². The topological polar surface area (TPSA) is 17.1 Å². The van der Waals surface area contributed by atoms with E-state index in [0.29, 0.717) is 11.3 Å². The van der Waals surface area contributed by atoms with Gasteiger partial charge in [0.05, 0.1) is 5.56 Å². The minimum Gasteiger partial charge on any atom is -0.294 e. The van der Waals surface area contributed by atoms with Crippen molar-refractivity contribution in [2.24, 2.45) is 0 Å². The van der Waals surface area contributed by atoms with Crippen molar-refractivity contribution in [3.05, 3.63) is 29.6 Å². The summed E-state index contributed by atoms with van der Waals surface area (Å²) in [6, 6.07) is 4.70. The fraction of sp³-hybridized carbons (Fsp3) is 0.300. The summed E-state index contributed by atoms with van der Waals surface area (Å²) in [4.78, 5) is 12.1. The Balaban J connectivity index is 3.22. The van der Waals surface area contributed by atoms with Crippen LogP contribution in [-0.2, 0) is 0 Å². The van der Waals surface area contributed by atoms with Crippen molar-refractivity contribution >= 4 is 17.5 Å². The van der Waals surface area contributed by atoms with Crippen LogP contribution < -0.4 is 0 Å². The zero-order valence-electron chi connectivity index (χ0n) is 7.63. The van der Waals surface area contributed by atoms with Crippen LogP contribution in [0.15, 0.2) is 23.1 Å². The molecule has 0 heterocycles. The van der Waals surface area contributed by atoms with Gasteiger partial charge in [-0.2, -0.15) is 0 Å². The first-order chi connectivity index (χ1) is 6.20. The van der Waals surface area contributed by atoms with Crippen molar-refractivity contribution in [1.82, 2.24) is 0 Å². The first-order valence-corrected chi connectivity index (χ1v) is 5.28. The predicted molar refractivity (Wildman–Crippen MR) is 52.8 cm³/mol. The van der Waals surface area contributed by atoms with Gasteiger partial charge in [-0.1, -0.05) is 13.0 Å². The smallest absolute Gasteiger partial charge is 0.166 e. The second kappa shape index (κ2) is 4.42. The van der Waals surface area contributed by atoms with Crippen molar-refractivity contribution < 1.29 is 9.18 Å². The van der Waals surface area contributed by atoms with Crippen LogP contribution in [0.2, 0.25) is 0 Å². The minimum absolute atomic E-state index is 0.137. The van der Waals surface area contributed by atoms with Gasteiger partial charge in [-0.15, -0.1) is 11.8 Å². The molecule has 0 radical (unpaired) electrons. The summed E-state index contributed by atoms with van der Waals surface area (Å²) in [5.41, 5.74) is 0.234. The van der Waals surface area contributed by atoms with Crippen molar-refractivity contribution in [2.45, 2.75) is 18.2 Å². The molecule has 0 aromatic heterocycles. The van der Waals surface area contributed by atoms with Gasteiger partial charge in [-0.05, 0) is 18.4 Å². The molecular formula is C10H11FOS. The molecule has 0 aliphatic carbocycles. The van der Waals surface area contributed by atoms with Gasteiger partial charge in [-0.3, -0.25) is 4.79 Å². The summed E-state index contributed by atoms with van der Waals surface area (Å²) >= 11 is 1.39. The van der Waals surface area contributed by atoms with Gasteiger partial charge in [0.2, 0.25) is 0 Å². The lowest BCUT2D eigenvalue weighted by molar-refractivity contribution is 0.0981. The van der Waals surface area contributed by atoms with Crippen LogP contribution in [-0.4, -0.2) is 12.0 Å². The maximum atomic E-state index is 13.2. The number of carbonyl (C=O) groups excluding carboxylic acids is 1. The summed E-state index contributed by atoms with van der Waals surface area (Å²) in [5.74, 6) is -0.554. The van der Waals surface area contributed by atoms with Gasteiger partial charge in [0.1, 0.15) is 5.82 Å². The van der Waals surface area contributed by atoms with E-state index in [2.05, 4.69) is 0 Å². The Morgan fingerprint density at radius 1 is 1.54 bits per heavy atom. The first kappa shape index (κ1) is 10.3. The number of thioether (sulfide) groups is 1. The Morgan fingerprint density at radius 2 is 2.23 bits per heavy atom. The van der Waals surface area contributed by atoms with Gasteiger partial charge in [0.15, 0.2) is 5.78 Å². The summed E-state index contributed by atoms with van der Waals surface area (Å²) in [7, 11) is 0. The van der Waals surface area contributed by atoms with E-state index < -0.39 is 5.82 Å². The summed E-state index contributed by atoms with van der Waals surface area (Å²) in [6.07, 6.45) is 2.18. The second-order valence-corrected chi connectivity index (χ2v) is 3.44. The van der Waals surface area contributed by atoms with Crippen LogP contribution in [0, 0.1) is 5.82 Å². The maximum Gasteiger partial charge on any atom is 0.166 e. The Labute approximate surface area is 81.3 Å². The lowest BCUT2D eigenvalue weighted by Gasteiger charge is -2.05. The van der Waals surface area contributed by atoms with Crippen LogP contribution in [0.3, 0.4) is 0 Å². The Hall–Kier alpha value is -0.830. The highest BCUT2D eigenvalue weighted by molar-refractivity contribution is 7.98. The molecule has 0 saturated carbocycles. The zero-order valence-corrected chi connectivity index (χ0v) is 8.45. The third-order valence-electron chi connectivity index (χ3n) is 1.80. The number of carbonyl (C=O) groups is 1. The summed E-state index contributed by atoms with van der Waals surface area (Å²) < 4.78 is 13.2. The van der Waals surface area contributed by atoms with Gasteiger partial charge in [0, 0.05) is 11.3 Å². The van der Waals surface area contributed by atoms with Gasteiger partial charge in [-0.25, -0.2) is 4.39 Å². The zero-order chi connectivity index (χ0) is 9.84. The molecule has 1 nitrogen and oxygen atoms in total. The third kappa shape index (κ3) is 2.10. The molecule has 13 heavy (non-hydrogen) atoms. The van der Waals surface area contributed by atoms with Crippen molar-refractivity contribution in [2.75, 3.05) is 6.26 Å². The van der Waals surface area contributed by atoms with E-state index in [1.54, 1.807) is 19.1 Å². The Kier molecular flexibility index (Phi) is 3.48. The van der Waals surface area contributed by atoms with Crippen molar-refractivity contribution in [3.8, 4) is 0 Å². The third-order valence-corrected chi connectivity index (χ3v) is 2.58. The summed E-state index contributed by atoms with van der Waals surface area (Å²) in [6.45, 7) is 1.74.